The number of anilines is 1. The van der Waals surface area contributed by atoms with E-state index >= 15 is 0 Å². The number of aromatic nitrogens is 2. The monoisotopic (exact) mass is 405 g/mol. The number of rotatable bonds is 6. The lowest BCUT2D eigenvalue weighted by Crippen LogP contribution is -2.36. The van der Waals surface area contributed by atoms with Gasteiger partial charge in [0.2, 0.25) is 11.6 Å². The van der Waals surface area contributed by atoms with Gasteiger partial charge in [0.25, 0.3) is 5.03 Å². The highest BCUT2D eigenvalue weighted by Gasteiger charge is 2.28. The Kier molecular flexibility index (Phi) is 5.48. The average Bonchev–Trinajstić information content (AvgIpc) is 3.13. The molecule has 0 bridgehead atoms. The van der Waals surface area contributed by atoms with Gasteiger partial charge in [0.1, 0.15) is 0 Å². The summed E-state index contributed by atoms with van der Waals surface area (Å²) in [5.74, 6) is -0.732. The summed E-state index contributed by atoms with van der Waals surface area (Å²) in [4.78, 5) is 13.0. The van der Waals surface area contributed by atoms with Crippen LogP contribution in [-0.2, 0) is 4.79 Å². The molecule has 1 atom stereocenters. The summed E-state index contributed by atoms with van der Waals surface area (Å²) in [6.07, 6.45) is 0.542. The van der Waals surface area contributed by atoms with Crippen molar-refractivity contribution in [2.45, 2.75) is 23.6 Å². The molecule has 1 N–H and O–H groups in total. The molecule has 0 aliphatic rings. The summed E-state index contributed by atoms with van der Waals surface area (Å²) >= 11 is 1.16. The van der Waals surface area contributed by atoms with E-state index in [2.05, 4.69) is 10.6 Å². The first-order valence-electron chi connectivity index (χ1n) is 9.27. The molecule has 0 fully saturated rings. The second-order valence-electron chi connectivity index (χ2n) is 6.44. The molecule has 1 unspecified atom stereocenters. The molecule has 146 valence electrons. The molecule has 0 spiro atoms. The van der Waals surface area contributed by atoms with Crippen LogP contribution in [-0.4, -0.2) is 16.4 Å². The van der Waals surface area contributed by atoms with Gasteiger partial charge < -0.3 is 14.9 Å². The van der Waals surface area contributed by atoms with E-state index in [-0.39, 0.29) is 10.9 Å². The lowest BCUT2D eigenvalue weighted by molar-refractivity contribution is -0.705. The molecule has 1 amide bonds. The Labute approximate surface area is 172 Å². The molecule has 0 aliphatic heterocycles. The molecule has 0 radical (unpaired) electrons. The van der Waals surface area contributed by atoms with Crippen molar-refractivity contribution in [3.63, 3.8) is 0 Å². The van der Waals surface area contributed by atoms with Gasteiger partial charge in [-0.25, -0.2) is 0 Å². The fraction of sp³-hybridized carbons (Fsp3) is 0.136. The molecular weight excluding hydrogens is 386 g/mol. The molecule has 1 aromatic heterocycles. The number of nitrogens with one attached hydrogen (secondary N) is 1. The smallest absolute Gasteiger partial charge is 0.298 e. The number of benzene rings is 3. The van der Waals surface area contributed by atoms with Gasteiger partial charge in [0, 0.05) is 23.2 Å². The van der Waals surface area contributed by atoms with Crippen LogP contribution in [0.3, 0.4) is 0 Å². The Morgan fingerprint density at radius 3 is 2.62 bits per heavy atom. The Morgan fingerprint density at radius 1 is 1.10 bits per heavy atom. The second-order valence-corrected chi connectivity index (χ2v) is 7.64. The first kappa shape index (κ1) is 19.0. The number of carbonyl (C=O) groups is 1. The normalized spacial score (nSPS) is 12.0. The summed E-state index contributed by atoms with van der Waals surface area (Å²) < 4.78 is 6.29. The standard InChI is InChI=1S/C22H19N3O3S/c1-2-19(20(26)23-18-14-8-10-15-9-6-7-13-17(15)18)29-21-22(27)28-24-25(21)16-11-4-3-5-12-16/h3-14,19H,2H2,1H3,(H-,23,24,26,27). The number of fused-ring (bicyclic) bond motifs is 1. The second kappa shape index (κ2) is 8.36. The van der Waals surface area contributed by atoms with Crippen LogP contribution in [0, 0.1) is 0 Å². The minimum absolute atomic E-state index is 0.172. The SMILES string of the molecule is CCC(Sc1c([O-])on[n+]1-c1ccccc1)C(=O)Nc1cccc2ccccc12. The van der Waals surface area contributed by atoms with Gasteiger partial charge in [0.05, 0.1) is 10.5 Å². The van der Waals surface area contributed by atoms with Crippen LogP contribution < -0.4 is 15.1 Å². The van der Waals surface area contributed by atoms with E-state index in [1.165, 1.54) is 4.68 Å². The lowest BCUT2D eigenvalue weighted by atomic mass is 10.1. The topological polar surface area (TPSA) is 82.1 Å². The van der Waals surface area contributed by atoms with Gasteiger partial charge in [-0.05, 0) is 34.3 Å². The summed E-state index contributed by atoms with van der Waals surface area (Å²) in [6.45, 7) is 1.91. The molecule has 0 saturated heterocycles. The third kappa shape index (κ3) is 3.95. The number of para-hydroxylation sites is 1. The minimum atomic E-state index is -0.560. The molecule has 0 aliphatic carbocycles. The summed E-state index contributed by atoms with van der Waals surface area (Å²) in [5, 5.41) is 20.9. The first-order chi connectivity index (χ1) is 14.2. The first-order valence-corrected chi connectivity index (χ1v) is 10.1. The zero-order chi connectivity index (χ0) is 20.2. The molecule has 0 saturated carbocycles. The average molecular weight is 405 g/mol. The van der Waals surface area contributed by atoms with Crippen molar-refractivity contribution in [2.24, 2.45) is 0 Å². The van der Waals surface area contributed by atoms with Gasteiger partial charge >= 0.3 is 0 Å². The van der Waals surface area contributed by atoms with Crippen LogP contribution >= 0.6 is 11.8 Å². The molecule has 29 heavy (non-hydrogen) atoms. The van der Waals surface area contributed by atoms with Crippen molar-refractivity contribution in [3.8, 4) is 11.6 Å². The van der Waals surface area contributed by atoms with Crippen molar-refractivity contribution in [2.75, 3.05) is 5.32 Å². The van der Waals surface area contributed by atoms with Crippen molar-refractivity contribution in [3.05, 3.63) is 72.8 Å². The molecule has 7 heteroatoms. The van der Waals surface area contributed by atoms with Crippen LogP contribution in [0.1, 0.15) is 13.3 Å². The highest BCUT2D eigenvalue weighted by molar-refractivity contribution is 8.00. The van der Waals surface area contributed by atoms with E-state index in [4.69, 9.17) is 4.52 Å². The summed E-state index contributed by atoms with van der Waals surface area (Å²) in [6, 6.07) is 22.9. The Morgan fingerprint density at radius 2 is 1.83 bits per heavy atom. The molecule has 4 aromatic rings. The number of carbonyl (C=O) groups excluding carboxylic acids is 1. The van der Waals surface area contributed by atoms with E-state index in [1.54, 1.807) is 0 Å². The zero-order valence-electron chi connectivity index (χ0n) is 15.7. The molecule has 1 heterocycles. The highest BCUT2D eigenvalue weighted by Crippen LogP contribution is 2.31. The Balaban J connectivity index is 1.59. The van der Waals surface area contributed by atoms with Crippen molar-refractivity contribution >= 4 is 34.1 Å². The predicted octanol–water partition coefficient (Wildman–Crippen LogP) is 3.69. The van der Waals surface area contributed by atoms with Crippen LogP contribution in [0.15, 0.2) is 82.3 Å². The summed E-state index contributed by atoms with van der Waals surface area (Å²) in [5.41, 5.74) is 1.45. The van der Waals surface area contributed by atoms with E-state index in [9.17, 15) is 9.90 Å². The number of thioether (sulfide) groups is 1. The van der Waals surface area contributed by atoms with Crippen LogP contribution in [0.4, 0.5) is 5.69 Å². The number of nitrogens with zero attached hydrogens (tertiary/aromatic N) is 2. The quantitative estimate of drug-likeness (QED) is 0.391. The molecule has 3 aromatic carbocycles. The highest BCUT2D eigenvalue weighted by atomic mass is 32.2. The van der Waals surface area contributed by atoms with Gasteiger partial charge in [-0.2, -0.15) is 0 Å². The van der Waals surface area contributed by atoms with Gasteiger partial charge in [0.15, 0.2) is 5.95 Å². The third-order valence-electron chi connectivity index (χ3n) is 4.54. The van der Waals surface area contributed by atoms with Gasteiger partial charge in [-0.1, -0.05) is 61.5 Å². The lowest BCUT2D eigenvalue weighted by Gasteiger charge is -2.14. The maximum atomic E-state index is 13.0. The zero-order valence-corrected chi connectivity index (χ0v) is 16.6. The third-order valence-corrected chi connectivity index (χ3v) is 5.93. The Hall–Kier alpha value is -3.32. The minimum Gasteiger partial charge on any atom is -0.538 e. The fourth-order valence-corrected chi connectivity index (χ4v) is 4.05. The maximum absolute atomic E-state index is 13.0. The summed E-state index contributed by atoms with van der Waals surface area (Å²) in [7, 11) is 0. The van der Waals surface area contributed by atoms with E-state index < -0.39 is 11.2 Å². The number of hydrogen-bond acceptors (Lipinski definition) is 5. The van der Waals surface area contributed by atoms with E-state index in [1.807, 2.05) is 79.7 Å². The molecular formula is C22H19N3O3S. The molecule has 4 rings (SSSR count). The van der Waals surface area contributed by atoms with E-state index in [0.717, 1.165) is 28.2 Å². The number of hydrogen-bond donors (Lipinski definition) is 1. The van der Waals surface area contributed by atoms with Gasteiger partial charge in [-0.3, -0.25) is 4.79 Å². The number of amides is 1. The van der Waals surface area contributed by atoms with Crippen molar-refractivity contribution < 1.29 is 19.1 Å². The Bertz CT molecular complexity index is 1140. The molecule has 6 nitrogen and oxygen atoms in total. The predicted molar refractivity (Wildman–Crippen MR) is 110 cm³/mol. The maximum Gasteiger partial charge on any atom is 0.298 e. The van der Waals surface area contributed by atoms with Crippen LogP contribution in [0.5, 0.6) is 5.95 Å². The van der Waals surface area contributed by atoms with Crippen LogP contribution in [0.25, 0.3) is 16.5 Å². The van der Waals surface area contributed by atoms with Crippen LogP contribution in [0.2, 0.25) is 0 Å². The van der Waals surface area contributed by atoms with Crippen molar-refractivity contribution in [1.29, 1.82) is 0 Å². The van der Waals surface area contributed by atoms with Gasteiger partial charge in [-0.15, -0.1) is 0 Å². The largest absolute Gasteiger partial charge is 0.538 e. The fourth-order valence-electron chi connectivity index (χ4n) is 3.08. The van der Waals surface area contributed by atoms with Crippen molar-refractivity contribution in [1.82, 2.24) is 5.27 Å². The van der Waals surface area contributed by atoms with E-state index in [0.29, 0.717) is 12.1 Å².